The topological polar surface area (TPSA) is 37.3 Å². The zero-order valence-corrected chi connectivity index (χ0v) is 10.1. The van der Waals surface area contributed by atoms with Crippen LogP contribution in [-0.4, -0.2) is 11.1 Å². The van der Waals surface area contributed by atoms with Gasteiger partial charge in [-0.3, -0.25) is 4.79 Å². The lowest BCUT2D eigenvalue weighted by Gasteiger charge is -2.35. The molecule has 0 saturated heterocycles. The number of halogens is 1. The van der Waals surface area contributed by atoms with Gasteiger partial charge in [0, 0.05) is 0 Å². The van der Waals surface area contributed by atoms with Crippen molar-refractivity contribution in [3.05, 3.63) is 0 Å². The fraction of sp³-hybridized carbons (Fsp3) is 0.909. The average molecular weight is 221 g/mol. The van der Waals surface area contributed by atoms with Crippen molar-refractivity contribution in [1.29, 1.82) is 0 Å². The van der Waals surface area contributed by atoms with Crippen LogP contribution in [0.1, 0.15) is 46.5 Å². The molecule has 1 saturated carbocycles. The Kier molecular flexibility index (Phi) is 4.93. The summed E-state index contributed by atoms with van der Waals surface area (Å²) < 4.78 is 0. The van der Waals surface area contributed by atoms with Gasteiger partial charge in [-0.25, -0.2) is 0 Å². The first-order valence-electron chi connectivity index (χ1n) is 5.14. The molecular formula is C11H21ClO2. The minimum Gasteiger partial charge on any atom is -0.481 e. The highest BCUT2D eigenvalue weighted by Crippen LogP contribution is 2.39. The van der Waals surface area contributed by atoms with Gasteiger partial charge >= 0.3 is 5.97 Å². The van der Waals surface area contributed by atoms with E-state index in [-0.39, 0.29) is 18.3 Å². The quantitative estimate of drug-likeness (QED) is 0.736. The molecule has 14 heavy (non-hydrogen) atoms. The van der Waals surface area contributed by atoms with Gasteiger partial charge in [0.25, 0.3) is 0 Å². The third kappa shape index (κ3) is 3.49. The minimum atomic E-state index is -0.604. The molecular weight excluding hydrogens is 200 g/mol. The van der Waals surface area contributed by atoms with E-state index in [4.69, 9.17) is 5.11 Å². The molecule has 0 bridgehead atoms. The average Bonchev–Trinajstić information content (AvgIpc) is 2.03. The predicted octanol–water partition coefficient (Wildman–Crippen LogP) is 3.35. The lowest BCUT2D eigenvalue weighted by atomic mass is 9.70. The molecule has 0 aromatic carbocycles. The molecule has 1 rings (SSSR count). The lowest BCUT2D eigenvalue weighted by molar-refractivity contribution is -0.143. The highest BCUT2D eigenvalue weighted by Gasteiger charge is 2.31. The van der Waals surface area contributed by atoms with Crippen molar-refractivity contribution in [1.82, 2.24) is 0 Å². The monoisotopic (exact) mass is 220 g/mol. The van der Waals surface area contributed by atoms with E-state index in [1.54, 1.807) is 0 Å². The Morgan fingerprint density at radius 2 is 1.57 bits per heavy atom. The first-order chi connectivity index (χ1) is 5.91. The molecule has 2 nitrogen and oxygen atoms in total. The van der Waals surface area contributed by atoms with Crippen molar-refractivity contribution in [3.8, 4) is 0 Å². The first-order valence-corrected chi connectivity index (χ1v) is 5.14. The van der Waals surface area contributed by atoms with Crippen molar-refractivity contribution < 1.29 is 9.90 Å². The Hall–Kier alpha value is -0.240. The molecule has 0 radical (unpaired) electrons. The maximum atomic E-state index is 10.7. The maximum Gasteiger partial charge on any atom is 0.306 e. The van der Waals surface area contributed by atoms with E-state index >= 15 is 0 Å². The Bertz CT molecular complexity index is 188. The third-order valence-electron chi connectivity index (χ3n) is 3.30. The maximum absolute atomic E-state index is 10.7. The van der Waals surface area contributed by atoms with Gasteiger partial charge in [-0.05, 0) is 37.0 Å². The summed E-state index contributed by atoms with van der Waals surface area (Å²) in [7, 11) is 0. The van der Waals surface area contributed by atoms with E-state index in [0.29, 0.717) is 11.3 Å². The fourth-order valence-electron chi connectivity index (χ4n) is 2.21. The largest absolute Gasteiger partial charge is 0.481 e. The molecule has 1 N–H and O–H groups in total. The molecule has 0 spiro atoms. The number of hydrogen-bond acceptors (Lipinski definition) is 1. The standard InChI is InChI=1S/C11H20O2.ClH/c1-11(2,3)9-6-4-8(5-7-9)10(12)13;/h8-9H,4-7H2,1-3H3,(H,12,13);1H/t8-,9-;. The third-order valence-corrected chi connectivity index (χ3v) is 3.30. The van der Waals surface area contributed by atoms with Crippen molar-refractivity contribution in [3.63, 3.8) is 0 Å². The summed E-state index contributed by atoms with van der Waals surface area (Å²) in [5.41, 5.74) is 0.351. The summed E-state index contributed by atoms with van der Waals surface area (Å²) >= 11 is 0. The van der Waals surface area contributed by atoms with Crippen molar-refractivity contribution in [2.45, 2.75) is 46.5 Å². The van der Waals surface area contributed by atoms with E-state index in [2.05, 4.69) is 20.8 Å². The highest BCUT2D eigenvalue weighted by molar-refractivity contribution is 5.85. The van der Waals surface area contributed by atoms with Crippen LogP contribution in [0.2, 0.25) is 0 Å². The smallest absolute Gasteiger partial charge is 0.306 e. The molecule has 0 aromatic rings. The zero-order chi connectivity index (χ0) is 10.1. The number of carboxylic acids is 1. The van der Waals surface area contributed by atoms with Crippen molar-refractivity contribution in [2.75, 3.05) is 0 Å². The molecule has 0 amide bonds. The van der Waals surface area contributed by atoms with Gasteiger partial charge in [0.05, 0.1) is 5.92 Å². The Labute approximate surface area is 92.5 Å². The van der Waals surface area contributed by atoms with Crippen LogP contribution in [0.5, 0.6) is 0 Å². The predicted molar refractivity (Wildman–Crippen MR) is 59.8 cm³/mol. The summed E-state index contributed by atoms with van der Waals surface area (Å²) in [6, 6.07) is 0. The summed E-state index contributed by atoms with van der Waals surface area (Å²) in [5, 5.41) is 8.83. The molecule has 0 atom stereocenters. The van der Waals surface area contributed by atoms with Crippen molar-refractivity contribution >= 4 is 18.4 Å². The van der Waals surface area contributed by atoms with Gasteiger partial charge in [-0.2, -0.15) is 0 Å². The zero-order valence-electron chi connectivity index (χ0n) is 9.25. The van der Waals surface area contributed by atoms with Gasteiger partial charge in [0.1, 0.15) is 0 Å². The van der Waals surface area contributed by atoms with Crippen LogP contribution >= 0.6 is 12.4 Å². The van der Waals surface area contributed by atoms with Gasteiger partial charge < -0.3 is 5.11 Å². The molecule has 0 heterocycles. The van der Waals surface area contributed by atoms with E-state index in [9.17, 15) is 4.79 Å². The van der Waals surface area contributed by atoms with E-state index < -0.39 is 5.97 Å². The second-order valence-corrected chi connectivity index (χ2v) is 5.25. The van der Waals surface area contributed by atoms with Crippen LogP contribution in [0, 0.1) is 17.3 Å². The molecule has 1 aliphatic rings. The minimum absolute atomic E-state index is 0. The van der Waals surface area contributed by atoms with Gasteiger partial charge in [-0.15, -0.1) is 12.4 Å². The number of carbonyl (C=O) groups is 1. The molecule has 0 unspecified atom stereocenters. The summed E-state index contributed by atoms with van der Waals surface area (Å²) in [4.78, 5) is 10.7. The number of carboxylic acid groups (broad SMARTS) is 1. The van der Waals surface area contributed by atoms with Crippen LogP contribution in [-0.2, 0) is 4.79 Å². The normalized spacial score (nSPS) is 27.9. The van der Waals surface area contributed by atoms with Crippen LogP contribution in [0.15, 0.2) is 0 Å². The number of rotatable bonds is 1. The highest BCUT2D eigenvalue weighted by atomic mass is 35.5. The molecule has 1 aliphatic carbocycles. The van der Waals surface area contributed by atoms with Crippen LogP contribution in [0.3, 0.4) is 0 Å². The van der Waals surface area contributed by atoms with E-state index in [1.807, 2.05) is 0 Å². The van der Waals surface area contributed by atoms with Crippen LogP contribution in [0.25, 0.3) is 0 Å². The Morgan fingerprint density at radius 3 is 1.86 bits per heavy atom. The van der Waals surface area contributed by atoms with Gasteiger partial charge in [0.2, 0.25) is 0 Å². The second kappa shape index (κ2) is 5.01. The lowest BCUT2D eigenvalue weighted by Crippen LogP contribution is -2.28. The van der Waals surface area contributed by atoms with Crippen LogP contribution < -0.4 is 0 Å². The van der Waals surface area contributed by atoms with Crippen molar-refractivity contribution in [2.24, 2.45) is 17.3 Å². The summed E-state index contributed by atoms with van der Waals surface area (Å²) in [6.07, 6.45) is 3.91. The second-order valence-electron chi connectivity index (χ2n) is 5.25. The SMILES string of the molecule is CC(C)(C)[C@H]1CC[C@H](C(=O)O)CC1.Cl. The molecule has 3 heteroatoms. The molecule has 0 aliphatic heterocycles. The van der Waals surface area contributed by atoms with E-state index in [1.165, 1.54) is 0 Å². The fourth-order valence-corrected chi connectivity index (χ4v) is 2.21. The molecule has 0 aromatic heterocycles. The van der Waals surface area contributed by atoms with Gasteiger partial charge in [0.15, 0.2) is 0 Å². The number of hydrogen-bond donors (Lipinski definition) is 1. The van der Waals surface area contributed by atoms with Crippen LogP contribution in [0.4, 0.5) is 0 Å². The molecule has 84 valence electrons. The first kappa shape index (κ1) is 13.8. The Morgan fingerprint density at radius 1 is 1.14 bits per heavy atom. The molecule has 1 fully saturated rings. The summed E-state index contributed by atoms with van der Waals surface area (Å²) in [5.74, 6) is 0.0362. The van der Waals surface area contributed by atoms with E-state index in [0.717, 1.165) is 25.7 Å². The number of aliphatic carboxylic acids is 1. The Balaban J connectivity index is 0.00000169. The summed E-state index contributed by atoms with van der Waals surface area (Å²) in [6.45, 7) is 6.75. The van der Waals surface area contributed by atoms with Gasteiger partial charge in [-0.1, -0.05) is 20.8 Å².